The number of nitrogens with zero attached hydrogens (tertiary/aromatic N) is 2. The number of hydrogen-bond donors (Lipinski definition) is 1. The van der Waals surface area contributed by atoms with Gasteiger partial charge in [-0.1, -0.05) is 71.0 Å². The number of hydrogen-bond acceptors (Lipinski definition) is 4. The van der Waals surface area contributed by atoms with Gasteiger partial charge in [-0.25, -0.2) is 4.79 Å². The molecule has 39 heavy (non-hydrogen) atoms. The normalized spacial score (nSPS) is 18.7. The second kappa shape index (κ2) is 10.3. The summed E-state index contributed by atoms with van der Waals surface area (Å²) in [5.41, 5.74) is 5.87. The van der Waals surface area contributed by atoms with Crippen molar-refractivity contribution in [1.82, 2.24) is 4.90 Å². The van der Waals surface area contributed by atoms with E-state index in [1.165, 1.54) is 22.9 Å². The number of rotatable bonds is 5. The highest BCUT2D eigenvalue weighted by atomic mass is 32.2. The molecule has 0 saturated carbocycles. The van der Waals surface area contributed by atoms with E-state index in [4.69, 9.17) is 4.74 Å². The fourth-order valence-corrected chi connectivity index (χ4v) is 6.77. The van der Waals surface area contributed by atoms with E-state index in [1.807, 2.05) is 47.4 Å². The zero-order valence-electron chi connectivity index (χ0n) is 23.6. The van der Waals surface area contributed by atoms with Gasteiger partial charge < -0.3 is 15.0 Å². The fourth-order valence-electron chi connectivity index (χ4n) is 5.31. The summed E-state index contributed by atoms with van der Waals surface area (Å²) in [6.45, 7) is 11.7. The molecule has 3 amide bonds. The van der Waals surface area contributed by atoms with Gasteiger partial charge in [0.05, 0.1) is 19.3 Å². The lowest BCUT2D eigenvalue weighted by atomic mass is 9.87. The van der Waals surface area contributed by atoms with Crippen LogP contribution in [0, 0.1) is 0 Å². The molecule has 6 nitrogen and oxygen atoms in total. The Labute approximate surface area is 235 Å². The second-order valence-corrected chi connectivity index (χ2v) is 12.9. The van der Waals surface area contributed by atoms with E-state index in [-0.39, 0.29) is 17.4 Å². The Kier molecular flexibility index (Phi) is 7.14. The lowest BCUT2D eigenvalue weighted by Crippen LogP contribution is -2.51. The molecule has 0 bridgehead atoms. The molecule has 3 aromatic carbocycles. The van der Waals surface area contributed by atoms with Crippen molar-refractivity contribution < 1.29 is 14.3 Å². The molecule has 2 heterocycles. The first kappa shape index (κ1) is 27.1. The minimum absolute atomic E-state index is 0.0542. The maximum Gasteiger partial charge on any atom is 0.323 e. The van der Waals surface area contributed by atoms with Gasteiger partial charge in [-0.2, -0.15) is 0 Å². The van der Waals surface area contributed by atoms with Gasteiger partial charge in [-0.3, -0.25) is 9.69 Å². The molecule has 3 aromatic rings. The zero-order chi connectivity index (χ0) is 27.9. The van der Waals surface area contributed by atoms with Crippen LogP contribution in [0.3, 0.4) is 0 Å². The summed E-state index contributed by atoms with van der Waals surface area (Å²) in [6.07, 6.45) is 0. The lowest BCUT2D eigenvalue weighted by Gasteiger charge is -2.33. The lowest BCUT2D eigenvalue weighted by molar-refractivity contribution is -0.123. The van der Waals surface area contributed by atoms with Crippen LogP contribution in [-0.4, -0.2) is 36.2 Å². The number of carbonyl (C=O) groups is 2. The van der Waals surface area contributed by atoms with Gasteiger partial charge in [-0.05, 0) is 58.4 Å². The molecule has 1 saturated heterocycles. The van der Waals surface area contributed by atoms with Gasteiger partial charge in [-0.15, -0.1) is 11.8 Å². The summed E-state index contributed by atoms with van der Waals surface area (Å²) >= 11 is 1.51. The zero-order valence-corrected chi connectivity index (χ0v) is 24.4. The predicted molar refractivity (Wildman–Crippen MR) is 160 cm³/mol. The summed E-state index contributed by atoms with van der Waals surface area (Å²) < 4.78 is 5.54. The quantitative estimate of drug-likeness (QED) is 0.373. The molecule has 0 aromatic heterocycles. The van der Waals surface area contributed by atoms with Gasteiger partial charge in [0.1, 0.15) is 5.75 Å². The van der Waals surface area contributed by atoms with Crippen molar-refractivity contribution in [2.24, 2.45) is 0 Å². The van der Waals surface area contributed by atoms with Gasteiger partial charge in [0.2, 0.25) is 0 Å². The van der Waals surface area contributed by atoms with Crippen LogP contribution in [0.15, 0.2) is 66.7 Å². The molecule has 204 valence electrons. The first-order chi connectivity index (χ1) is 18.5. The largest absolute Gasteiger partial charge is 0.497 e. The molecule has 0 aliphatic carbocycles. The van der Waals surface area contributed by atoms with Gasteiger partial charge in [0.25, 0.3) is 5.91 Å². The Hall–Kier alpha value is -3.45. The SMILES string of the molecule is COc1ccc2c(c1)[C@@]1(SCCN1C(=O)Nc1ccc(C(C)C)cc1)C(=O)N2Cc1ccc(C(C)(C)C)cc1. The van der Waals surface area contributed by atoms with E-state index in [0.717, 1.165) is 16.8 Å². The van der Waals surface area contributed by atoms with E-state index in [9.17, 15) is 9.59 Å². The molecule has 7 heteroatoms. The third-order valence-corrected chi connectivity index (χ3v) is 9.05. The van der Waals surface area contributed by atoms with Crippen molar-refractivity contribution in [2.75, 3.05) is 29.6 Å². The number of benzene rings is 3. The molecule has 1 fully saturated rings. The standard InChI is InChI=1S/C32H37N3O3S/c1-21(2)23-9-13-25(14-10-23)33-30(37)35-17-18-39-32(35)27-19-26(38-6)15-16-28(27)34(29(32)36)20-22-7-11-24(12-8-22)31(3,4)5/h7-16,19,21H,17-18,20H2,1-6H3,(H,33,37)/t32-/m1/s1. The summed E-state index contributed by atoms with van der Waals surface area (Å²) in [5.74, 6) is 1.63. The van der Waals surface area contributed by atoms with E-state index >= 15 is 0 Å². The van der Waals surface area contributed by atoms with Crippen molar-refractivity contribution in [3.05, 3.63) is 89.0 Å². The predicted octanol–water partition coefficient (Wildman–Crippen LogP) is 7.10. The Bertz CT molecular complexity index is 1380. The Morgan fingerprint density at radius 3 is 2.36 bits per heavy atom. The van der Waals surface area contributed by atoms with Crippen molar-refractivity contribution in [3.63, 3.8) is 0 Å². The number of ether oxygens (including phenoxy) is 1. The van der Waals surface area contributed by atoms with E-state index in [2.05, 4.69) is 64.2 Å². The maximum atomic E-state index is 14.3. The number of urea groups is 1. The third kappa shape index (κ3) is 4.89. The van der Waals surface area contributed by atoms with Crippen LogP contribution in [0.2, 0.25) is 0 Å². The summed E-state index contributed by atoms with van der Waals surface area (Å²) in [7, 11) is 1.62. The average Bonchev–Trinajstić information content (AvgIpc) is 3.45. The van der Waals surface area contributed by atoms with Crippen molar-refractivity contribution in [1.29, 1.82) is 0 Å². The molecule has 5 rings (SSSR count). The molecule has 0 unspecified atom stereocenters. The topological polar surface area (TPSA) is 61.9 Å². The molecule has 1 spiro atoms. The minimum Gasteiger partial charge on any atom is -0.497 e. The van der Waals surface area contributed by atoms with E-state index in [1.54, 1.807) is 12.0 Å². The van der Waals surface area contributed by atoms with Gasteiger partial charge in [0, 0.05) is 23.5 Å². The number of thioether (sulfide) groups is 1. The molecule has 0 radical (unpaired) electrons. The molecule has 1 atom stereocenters. The number of methoxy groups -OCH3 is 1. The molecule has 2 aliphatic heterocycles. The maximum absolute atomic E-state index is 14.3. The van der Waals surface area contributed by atoms with E-state index < -0.39 is 4.87 Å². The number of carbonyl (C=O) groups excluding carboxylic acids is 2. The monoisotopic (exact) mass is 543 g/mol. The molecular formula is C32H37N3O3S. The fraction of sp³-hybridized carbons (Fsp3) is 0.375. The summed E-state index contributed by atoms with van der Waals surface area (Å²) in [4.78, 5) is 30.4. The first-order valence-corrected chi connectivity index (χ1v) is 14.5. The van der Waals surface area contributed by atoms with Crippen LogP contribution >= 0.6 is 11.8 Å². The number of anilines is 2. The molecule has 2 aliphatic rings. The van der Waals surface area contributed by atoms with Crippen LogP contribution in [0.5, 0.6) is 5.75 Å². The molecular weight excluding hydrogens is 506 g/mol. The Morgan fingerprint density at radius 2 is 1.74 bits per heavy atom. The smallest absolute Gasteiger partial charge is 0.323 e. The highest BCUT2D eigenvalue weighted by molar-refractivity contribution is 8.01. The highest BCUT2D eigenvalue weighted by Gasteiger charge is 2.59. The van der Waals surface area contributed by atoms with Crippen molar-refractivity contribution >= 4 is 35.1 Å². The van der Waals surface area contributed by atoms with Crippen molar-refractivity contribution in [2.45, 2.75) is 57.4 Å². The highest BCUT2D eigenvalue weighted by Crippen LogP contribution is 2.55. The van der Waals surface area contributed by atoms with Gasteiger partial charge >= 0.3 is 6.03 Å². The van der Waals surface area contributed by atoms with Crippen LogP contribution < -0.4 is 15.0 Å². The Balaban J connectivity index is 1.48. The van der Waals surface area contributed by atoms with Crippen LogP contribution in [0.1, 0.15) is 62.8 Å². The van der Waals surface area contributed by atoms with Gasteiger partial charge in [0.15, 0.2) is 4.87 Å². The summed E-state index contributed by atoms with van der Waals surface area (Å²) in [6, 6.07) is 21.8. The van der Waals surface area contributed by atoms with Crippen LogP contribution in [0.25, 0.3) is 0 Å². The summed E-state index contributed by atoms with van der Waals surface area (Å²) in [5, 5.41) is 3.04. The average molecular weight is 544 g/mol. The van der Waals surface area contributed by atoms with Crippen LogP contribution in [0.4, 0.5) is 16.2 Å². The minimum atomic E-state index is -1.14. The van der Waals surface area contributed by atoms with Crippen LogP contribution in [-0.2, 0) is 21.6 Å². The number of nitrogens with one attached hydrogen (secondary N) is 1. The Morgan fingerprint density at radius 1 is 1.05 bits per heavy atom. The number of amides is 3. The third-order valence-electron chi connectivity index (χ3n) is 7.64. The van der Waals surface area contributed by atoms with Crippen molar-refractivity contribution in [3.8, 4) is 5.75 Å². The first-order valence-electron chi connectivity index (χ1n) is 13.5. The second-order valence-electron chi connectivity index (χ2n) is 11.6. The molecule has 1 N–H and O–H groups in total. The van der Waals surface area contributed by atoms with E-state index in [0.29, 0.717) is 36.2 Å². The number of fused-ring (bicyclic) bond motifs is 2.